The van der Waals surface area contributed by atoms with E-state index in [1.54, 1.807) is 0 Å². The van der Waals surface area contributed by atoms with Crippen LogP contribution in [0.1, 0.15) is 33.9 Å². The lowest BCUT2D eigenvalue weighted by Gasteiger charge is -2.19. The van der Waals surface area contributed by atoms with E-state index in [1.807, 2.05) is 0 Å². The van der Waals surface area contributed by atoms with Gasteiger partial charge in [0.25, 0.3) is 0 Å². The van der Waals surface area contributed by atoms with Gasteiger partial charge in [0.2, 0.25) is 11.6 Å². The van der Waals surface area contributed by atoms with E-state index in [-0.39, 0.29) is 32.6 Å². The Morgan fingerprint density at radius 2 is 0.863 bits per heavy atom. The van der Waals surface area contributed by atoms with E-state index in [4.69, 9.17) is 0 Å². The van der Waals surface area contributed by atoms with Crippen molar-refractivity contribution < 1.29 is 65.9 Å². The van der Waals surface area contributed by atoms with Crippen LogP contribution in [0.3, 0.4) is 0 Å². The lowest BCUT2D eigenvalue weighted by atomic mass is 10.00. The fourth-order valence-corrected chi connectivity index (χ4v) is 5.14. The van der Waals surface area contributed by atoms with Crippen molar-refractivity contribution in [2.24, 2.45) is 9.98 Å². The van der Waals surface area contributed by atoms with Crippen LogP contribution in [-0.4, -0.2) is 31.4 Å². The number of fused-ring (bicyclic) bond motifs is 2. The van der Waals surface area contributed by atoms with Crippen molar-refractivity contribution in [1.82, 2.24) is 18.8 Å². The van der Waals surface area contributed by atoms with Gasteiger partial charge < -0.3 is 0 Å². The van der Waals surface area contributed by atoms with Crippen molar-refractivity contribution in [2.45, 2.75) is 38.1 Å². The fourth-order valence-electron chi connectivity index (χ4n) is 5.14. The summed E-state index contributed by atoms with van der Waals surface area (Å²) in [4.78, 5) is 11.4. The number of aromatic nitrogens is 4. The second kappa shape index (κ2) is 11.6. The van der Waals surface area contributed by atoms with E-state index in [1.165, 1.54) is 12.1 Å². The van der Waals surface area contributed by atoms with Crippen LogP contribution in [0.2, 0.25) is 0 Å². The summed E-state index contributed by atoms with van der Waals surface area (Å²) >= 11 is 0. The van der Waals surface area contributed by atoms with Gasteiger partial charge in [0.05, 0.1) is 28.1 Å². The van der Waals surface area contributed by atoms with Crippen LogP contribution in [0.25, 0.3) is 33.5 Å². The zero-order chi connectivity index (χ0) is 38.2. The molecule has 3 aromatic heterocycles. The molecule has 0 aliphatic heterocycles. The van der Waals surface area contributed by atoms with Gasteiger partial charge in [0.15, 0.2) is 11.0 Å². The van der Waals surface area contributed by atoms with Crippen molar-refractivity contribution in [3.05, 3.63) is 81.3 Å². The number of nitriles is 2. The number of imidazole rings is 2. The molecule has 0 unspecified atom stereocenters. The maximum absolute atomic E-state index is 13.9. The molecule has 0 aliphatic carbocycles. The molecule has 0 atom stereocenters. The molecule has 0 saturated heterocycles. The molecule has 0 bridgehead atoms. The summed E-state index contributed by atoms with van der Waals surface area (Å²) in [5, 5.41) is 19.8. The standard InChI is InChI=1S/C28H9F15N8/c1-10-2-11(4-13(3-10)24(29,30)31)18-20-22(48-27(38,39)40)47-17(9-45)51(20)19(21-23(49-28(41,42)43)46-16(8-44)50(18)21)12-5-14(25(32,33)34)7-15(6-12)26(35,36)37/h2-7H,1H3. The molecule has 0 radical (unpaired) electrons. The number of aryl methyl sites for hydroxylation is 1. The summed E-state index contributed by atoms with van der Waals surface area (Å²) < 4.78 is 208. The number of hydrogen-bond donors (Lipinski definition) is 0. The molecule has 3 heterocycles. The first-order chi connectivity index (χ1) is 23.2. The SMILES string of the molecule is Cc1cc(-c2c3c(=NC(F)(F)F)nc(C#N)n3c(-c3cc(C(F)(F)F)cc(C(F)(F)F)c3)c3c(=NC(F)(F)F)nc(C#N)n23)cc(C(F)(F)F)c1. The number of rotatable bonds is 2. The average Bonchev–Trinajstić information content (AvgIpc) is 3.50. The number of halogens is 15. The minimum Gasteiger partial charge on any atom is -0.277 e. The van der Waals surface area contributed by atoms with E-state index in [0.717, 1.165) is 13.0 Å². The molecule has 8 nitrogen and oxygen atoms in total. The van der Waals surface area contributed by atoms with Crippen LogP contribution < -0.4 is 11.0 Å². The number of alkyl halides is 15. The number of nitrogens with zero attached hydrogens (tertiary/aromatic N) is 8. The summed E-state index contributed by atoms with van der Waals surface area (Å²) in [6.45, 7) is 1.05. The predicted octanol–water partition coefficient (Wildman–Crippen LogP) is 7.70. The Hall–Kier alpha value is -5.87. The summed E-state index contributed by atoms with van der Waals surface area (Å²) in [7, 11) is 0. The molecule has 0 amide bonds. The minimum absolute atomic E-state index is 0.0682. The maximum atomic E-state index is 13.9. The van der Waals surface area contributed by atoms with Gasteiger partial charge in [-0.3, -0.25) is 8.80 Å². The Kier molecular flexibility index (Phi) is 8.28. The van der Waals surface area contributed by atoms with Crippen molar-refractivity contribution in [1.29, 1.82) is 10.5 Å². The van der Waals surface area contributed by atoms with Gasteiger partial charge in [-0.05, 0) is 48.9 Å². The smallest absolute Gasteiger partial charge is 0.277 e. The van der Waals surface area contributed by atoms with Crippen LogP contribution in [0.15, 0.2) is 46.4 Å². The zero-order valence-corrected chi connectivity index (χ0v) is 24.2. The molecule has 5 rings (SSSR count). The van der Waals surface area contributed by atoms with Gasteiger partial charge in [-0.25, -0.2) is 0 Å². The van der Waals surface area contributed by atoms with Crippen LogP contribution in [0.5, 0.6) is 0 Å². The van der Waals surface area contributed by atoms with Gasteiger partial charge in [-0.1, -0.05) is 0 Å². The van der Waals surface area contributed by atoms with Gasteiger partial charge in [0, 0.05) is 11.1 Å². The van der Waals surface area contributed by atoms with Crippen molar-refractivity contribution in [3.63, 3.8) is 0 Å². The third kappa shape index (κ3) is 6.95. The number of benzene rings is 2. The Bertz CT molecular complexity index is 2410. The van der Waals surface area contributed by atoms with Crippen LogP contribution in [-0.2, 0) is 18.5 Å². The second-order valence-electron chi connectivity index (χ2n) is 10.3. The highest BCUT2D eigenvalue weighted by atomic mass is 19.4. The molecule has 266 valence electrons. The van der Waals surface area contributed by atoms with Gasteiger partial charge in [-0.2, -0.15) is 70.0 Å². The molecule has 0 aliphatic rings. The molecule has 0 saturated carbocycles. The van der Waals surface area contributed by atoms with E-state index >= 15 is 0 Å². The third-order valence-corrected chi connectivity index (χ3v) is 6.82. The lowest BCUT2D eigenvalue weighted by Crippen LogP contribution is -2.18. The molecule has 0 fully saturated rings. The van der Waals surface area contributed by atoms with E-state index in [2.05, 4.69) is 20.0 Å². The second-order valence-corrected chi connectivity index (χ2v) is 10.3. The molecular formula is C28H9F15N8. The molecule has 5 aromatic rings. The highest BCUT2D eigenvalue weighted by Crippen LogP contribution is 2.42. The maximum Gasteiger partial charge on any atom is 0.505 e. The summed E-state index contributed by atoms with van der Waals surface area (Å²) in [6, 6.07) is 3.52. The third-order valence-electron chi connectivity index (χ3n) is 6.82. The summed E-state index contributed by atoms with van der Waals surface area (Å²) in [5.41, 5.74) is -16.7. The lowest BCUT2D eigenvalue weighted by molar-refractivity contribution is -0.143. The molecular weight excluding hydrogens is 733 g/mol. The minimum atomic E-state index is -5.67. The average molecular weight is 742 g/mol. The molecule has 0 spiro atoms. The molecule has 2 aromatic carbocycles. The molecule has 51 heavy (non-hydrogen) atoms. The Labute approximate surface area is 270 Å². The highest BCUT2D eigenvalue weighted by Gasteiger charge is 2.39. The first-order valence-electron chi connectivity index (χ1n) is 13.1. The Balaban J connectivity index is 2.27. The van der Waals surface area contributed by atoms with E-state index in [0.29, 0.717) is 6.07 Å². The summed E-state index contributed by atoms with van der Waals surface area (Å²) in [6.07, 6.45) is -27.7. The highest BCUT2D eigenvalue weighted by molar-refractivity contribution is 5.89. The quantitative estimate of drug-likeness (QED) is 0.137. The number of hydrogen-bond acceptors (Lipinski definition) is 6. The van der Waals surface area contributed by atoms with Crippen LogP contribution in [0.4, 0.5) is 65.9 Å². The van der Waals surface area contributed by atoms with E-state index in [9.17, 15) is 76.4 Å². The van der Waals surface area contributed by atoms with Crippen LogP contribution in [0, 0.1) is 29.6 Å². The largest absolute Gasteiger partial charge is 0.505 e. The van der Waals surface area contributed by atoms with Crippen LogP contribution >= 0.6 is 0 Å². The topological polar surface area (TPSA) is 107 Å². The molecule has 0 N–H and O–H groups in total. The van der Waals surface area contributed by atoms with Gasteiger partial charge >= 0.3 is 31.1 Å². The van der Waals surface area contributed by atoms with Gasteiger partial charge in [0.1, 0.15) is 23.2 Å². The molecule has 23 heteroatoms. The van der Waals surface area contributed by atoms with Crippen molar-refractivity contribution in [2.75, 3.05) is 0 Å². The Morgan fingerprint density at radius 3 is 1.18 bits per heavy atom. The normalized spacial score (nSPS) is 14.1. The fraction of sp³-hybridized carbons (Fsp3) is 0.214. The monoisotopic (exact) mass is 742 g/mol. The summed E-state index contributed by atoms with van der Waals surface area (Å²) in [5.74, 6) is -2.67. The van der Waals surface area contributed by atoms with Crippen molar-refractivity contribution in [3.8, 4) is 34.7 Å². The zero-order valence-electron chi connectivity index (χ0n) is 24.2. The first kappa shape index (κ1) is 36.4. The van der Waals surface area contributed by atoms with Gasteiger partial charge in [-0.15, -0.1) is 26.3 Å². The predicted molar refractivity (Wildman–Crippen MR) is 138 cm³/mol. The van der Waals surface area contributed by atoms with E-state index < -0.39 is 110 Å². The van der Waals surface area contributed by atoms with Crippen molar-refractivity contribution >= 4 is 11.0 Å². The first-order valence-corrected chi connectivity index (χ1v) is 13.1. The Morgan fingerprint density at radius 1 is 0.529 bits per heavy atom.